The molecule has 0 aliphatic carbocycles. The van der Waals surface area contributed by atoms with Gasteiger partial charge in [0.05, 0.1) is 0 Å². The van der Waals surface area contributed by atoms with E-state index in [1.165, 1.54) is 5.56 Å². The molecule has 1 N–H and O–H groups in total. The van der Waals surface area contributed by atoms with Crippen LogP contribution >= 0.6 is 0 Å². The standard InChI is InChI=1S/C15H26N4/c1-6-8-19(7-2)15-17-11-14(13(5)18-15)10-16-9-12(3)4/h6,11-12,16H,1,7-10H2,2-5H3. The molecule has 4 heteroatoms. The molecule has 0 saturated heterocycles. The summed E-state index contributed by atoms with van der Waals surface area (Å²) in [4.78, 5) is 11.1. The number of anilines is 1. The summed E-state index contributed by atoms with van der Waals surface area (Å²) >= 11 is 0. The van der Waals surface area contributed by atoms with E-state index in [0.717, 1.165) is 37.8 Å². The van der Waals surface area contributed by atoms with Gasteiger partial charge in [0.1, 0.15) is 0 Å². The van der Waals surface area contributed by atoms with Gasteiger partial charge in [-0.1, -0.05) is 19.9 Å². The maximum atomic E-state index is 4.59. The minimum absolute atomic E-state index is 0.656. The number of nitrogens with one attached hydrogen (secondary N) is 1. The molecule has 1 aromatic heterocycles. The van der Waals surface area contributed by atoms with Crippen LogP contribution in [0.15, 0.2) is 18.9 Å². The fourth-order valence-electron chi connectivity index (χ4n) is 1.81. The lowest BCUT2D eigenvalue weighted by Gasteiger charge is -2.19. The van der Waals surface area contributed by atoms with Crippen molar-refractivity contribution in [1.82, 2.24) is 15.3 Å². The van der Waals surface area contributed by atoms with E-state index < -0.39 is 0 Å². The summed E-state index contributed by atoms with van der Waals surface area (Å²) in [5.74, 6) is 1.44. The second-order valence-corrected chi connectivity index (χ2v) is 5.13. The molecule has 19 heavy (non-hydrogen) atoms. The van der Waals surface area contributed by atoms with Crippen molar-refractivity contribution in [2.75, 3.05) is 24.5 Å². The molecule has 0 unspecified atom stereocenters. The average molecular weight is 262 g/mol. The number of hydrogen-bond donors (Lipinski definition) is 1. The number of aromatic nitrogens is 2. The molecule has 106 valence electrons. The summed E-state index contributed by atoms with van der Waals surface area (Å²) in [6.07, 6.45) is 3.80. The van der Waals surface area contributed by atoms with Crippen LogP contribution in [0.2, 0.25) is 0 Å². The third kappa shape index (κ3) is 4.99. The fraction of sp³-hybridized carbons (Fsp3) is 0.600. The molecule has 1 aromatic rings. The van der Waals surface area contributed by atoms with Crippen LogP contribution in [-0.2, 0) is 6.54 Å². The van der Waals surface area contributed by atoms with Crippen LogP contribution in [0, 0.1) is 12.8 Å². The Morgan fingerprint density at radius 2 is 2.21 bits per heavy atom. The van der Waals surface area contributed by atoms with Crippen molar-refractivity contribution >= 4 is 5.95 Å². The summed E-state index contributed by atoms with van der Waals surface area (Å²) in [6, 6.07) is 0. The highest BCUT2D eigenvalue weighted by Crippen LogP contribution is 2.11. The van der Waals surface area contributed by atoms with Gasteiger partial charge in [-0.05, 0) is 26.3 Å². The molecule has 0 amide bonds. The summed E-state index contributed by atoms with van der Waals surface area (Å²) in [5.41, 5.74) is 2.21. The van der Waals surface area contributed by atoms with Crippen LogP contribution in [0.1, 0.15) is 32.0 Å². The number of hydrogen-bond acceptors (Lipinski definition) is 4. The lowest BCUT2D eigenvalue weighted by atomic mass is 10.2. The molecule has 0 atom stereocenters. The van der Waals surface area contributed by atoms with Crippen molar-refractivity contribution in [1.29, 1.82) is 0 Å². The van der Waals surface area contributed by atoms with Crippen molar-refractivity contribution < 1.29 is 0 Å². The van der Waals surface area contributed by atoms with E-state index in [0.29, 0.717) is 5.92 Å². The van der Waals surface area contributed by atoms with Crippen molar-refractivity contribution in [2.24, 2.45) is 5.92 Å². The zero-order valence-corrected chi connectivity index (χ0v) is 12.6. The highest BCUT2D eigenvalue weighted by atomic mass is 15.2. The largest absolute Gasteiger partial charge is 0.337 e. The number of likely N-dealkylation sites (N-methyl/N-ethyl adjacent to an activating group) is 1. The first-order valence-electron chi connectivity index (χ1n) is 6.97. The van der Waals surface area contributed by atoms with Gasteiger partial charge in [0.15, 0.2) is 0 Å². The molecular formula is C15H26N4. The molecular weight excluding hydrogens is 236 g/mol. The highest BCUT2D eigenvalue weighted by Gasteiger charge is 2.08. The van der Waals surface area contributed by atoms with Crippen molar-refractivity contribution in [3.05, 3.63) is 30.1 Å². The quantitative estimate of drug-likeness (QED) is 0.731. The molecule has 0 bridgehead atoms. The van der Waals surface area contributed by atoms with Gasteiger partial charge in [0, 0.05) is 37.1 Å². The van der Waals surface area contributed by atoms with Crippen LogP contribution in [0.4, 0.5) is 5.95 Å². The van der Waals surface area contributed by atoms with Gasteiger partial charge < -0.3 is 10.2 Å². The van der Waals surface area contributed by atoms with E-state index in [1.54, 1.807) is 0 Å². The maximum absolute atomic E-state index is 4.59. The average Bonchev–Trinajstić information content (AvgIpc) is 2.37. The SMILES string of the molecule is C=CCN(CC)c1ncc(CNCC(C)C)c(C)n1. The van der Waals surface area contributed by atoms with Crippen LogP contribution in [0.5, 0.6) is 0 Å². The molecule has 0 spiro atoms. The van der Waals surface area contributed by atoms with Crippen molar-refractivity contribution in [3.8, 4) is 0 Å². The predicted octanol–water partition coefficient (Wildman–Crippen LogP) is 2.54. The lowest BCUT2D eigenvalue weighted by Crippen LogP contribution is -2.26. The Morgan fingerprint density at radius 3 is 2.74 bits per heavy atom. The Labute approximate surface area is 117 Å². The zero-order valence-electron chi connectivity index (χ0n) is 12.6. The second-order valence-electron chi connectivity index (χ2n) is 5.13. The van der Waals surface area contributed by atoms with Crippen LogP contribution in [0.25, 0.3) is 0 Å². The van der Waals surface area contributed by atoms with E-state index in [9.17, 15) is 0 Å². The van der Waals surface area contributed by atoms with Crippen molar-refractivity contribution in [3.63, 3.8) is 0 Å². The normalized spacial score (nSPS) is 10.8. The van der Waals surface area contributed by atoms with Gasteiger partial charge >= 0.3 is 0 Å². The van der Waals surface area contributed by atoms with E-state index in [4.69, 9.17) is 0 Å². The molecule has 0 aromatic carbocycles. The van der Waals surface area contributed by atoms with E-state index in [-0.39, 0.29) is 0 Å². The molecule has 0 radical (unpaired) electrons. The highest BCUT2D eigenvalue weighted by molar-refractivity contribution is 5.33. The summed E-state index contributed by atoms with van der Waals surface area (Å²) < 4.78 is 0. The molecule has 0 aliphatic rings. The van der Waals surface area contributed by atoms with Gasteiger partial charge in [-0.3, -0.25) is 0 Å². The molecule has 0 fully saturated rings. The number of rotatable bonds is 8. The minimum atomic E-state index is 0.656. The topological polar surface area (TPSA) is 41.1 Å². The number of aryl methyl sites for hydroxylation is 1. The first-order chi connectivity index (χ1) is 9.08. The second kappa shape index (κ2) is 7.89. The molecule has 4 nitrogen and oxygen atoms in total. The predicted molar refractivity (Wildman–Crippen MR) is 81.4 cm³/mol. The van der Waals surface area contributed by atoms with E-state index >= 15 is 0 Å². The lowest BCUT2D eigenvalue weighted by molar-refractivity contribution is 0.550. The summed E-state index contributed by atoms with van der Waals surface area (Å²) in [6.45, 7) is 15.8. The van der Waals surface area contributed by atoms with Crippen LogP contribution in [0.3, 0.4) is 0 Å². The minimum Gasteiger partial charge on any atom is -0.337 e. The number of nitrogens with zero attached hydrogens (tertiary/aromatic N) is 3. The van der Waals surface area contributed by atoms with Gasteiger partial charge in [-0.25, -0.2) is 9.97 Å². The smallest absolute Gasteiger partial charge is 0.225 e. The summed E-state index contributed by atoms with van der Waals surface area (Å²) in [7, 11) is 0. The first-order valence-corrected chi connectivity index (χ1v) is 6.97. The maximum Gasteiger partial charge on any atom is 0.225 e. The van der Waals surface area contributed by atoms with Gasteiger partial charge in [0.2, 0.25) is 5.95 Å². The zero-order chi connectivity index (χ0) is 14.3. The van der Waals surface area contributed by atoms with Crippen molar-refractivity contribution in [2.45, 2.75) is 34.2 Å². The van der Waals surface area contributed by atoms with Gasteiger partial charge in [-0.2, -0.15) is 0 Å². The molecule has 1 heterocycles. The Morgan fingerprint density at radius 1 is 1.47 bits per heavy atom. The molecule has 0 saturated carbocycles. The van der Waals surface area contributed by atoms with Gasteiger partial charge in [-0.15, -0.1) is 6.58 Å². The van der Waals surface area contributed by atoms with E-state index in [1.807, 2.05) is 19.2 Å². The van der Waals surface area contributed by atoms with E-state index in [2.05, 4.69) is 47.5 Å². The Bertz CT molecular complexity index is 401. The monoisotopic (exact) mass is 262 g/mol. The Kier molecular flexibility index (Phi) is 6.50. The van der Waals surface area contributed by atoms with Crippen LogP contribution < -0.4 is 10.2 Å². The third-order valence-electron chi connectivity index (χ3n) is 2.95. The molecule has 0 aliphatic heterocycles. The fourth-order valence-corrected chi connectivity index (χ4v) is 1.81. The van der Waals surface area contributed by atoms with Crippen LogP contribution in [-0.4, -0.2) is 29.6 Å². The Hall–Kier alpha value is -1.42. The summed E-state index contributed by atoms with van der Waals surface area (Å²) in [5, 5.41) is 3.42. The Balaban J connectivity index is 2.70. The third-order valence-corrected chi connectivity index (χ3v) is 2.95. The van der Waals surface area contributed by atoms with Gasteiger partial charge in [0.25, 0.3) is 0 Å². The molecule has 1 rings (SSSR count). The first kappa shape index (κ1) is 15.6.